The van der Waals surface area contributed by atoms with Gasteiger partial charge >= 0.3 is 0 Å². The molecule has 19 heavy (non-hydrogen) atoms. The van der Waals surface area contributed by atoms with E-state index in [1.54, 1.807) is 11.3 Å². The Bertz CT molecular complexity index is 685. The Balaban J connectivity index is 2.05. The molecule has 94 valence electrons. The minimum Gasteiger partial charge on any atom is -0.845 e. The molecule has 0 aliphatic heterocycles. The smallest absolute Gasteiger partial charge is 0.284 e. The van der Waals surface area contributed by atoms with Crippen LogP contribution < -0.4 is 5.11 Å². The summed E-state index contributed by atoms with van der Waals surface area (Å²) in [6.07, 6.45) is 0. The molecule has 1 nitrogen and oxygen atoms in total. The second-order valence-corrected chi connectivity index (χ2v) is 6.60. The molecule has 3 heteroatoms. The second kappa shape index (κ2) is 5.11. The van der Waals surface area contributed by atoms with E-state index in [4.69, 9.17) is 0 Å². The van der Waals surface area contributed by atoms with Gasteiger partial charge in [0.25, 0.3) is 4.19 Å². The zero-order chi connectivity index (χ0) is 13.2. The van der Waals surface area contributed by atoms with Gasteiger partial charge in [-0.25, -0.2) is 0 Å². The van der Waals surface area contributed by atoms with Crippen molar-refractivity contribution in [1.29, 1.82) is 0 Å². The van der Waals surface area contributed by atoms with Crippen LogP contribution in [0.2, 0.25) is 0 Å². The molecule has 0 unspecified atom stereocenters. The fourth-order valence-electron chi connectivity index (χ4n) is 1.86. The Labute approximate surface area is 120 Å². The van der Waals surface area contributed by atoms with E-state index in [2.05, 4.69) is 0 Å². The SMILES string of the molecule is Cc1ccc(-c2sc(-c3ccccc3)[s+]c2[O-])cc1. The van der Waals surface area contributed by atoms with Crippen LogP contribution in [0.15, 0.2) is 54.6 Å². The molecule has 0 fully saturated rings. The van der Waals surface area contributed by atoms with Gasteiger partial charge in [0.1, 0.15) is 5.06 Å². The Kier molecular flexibility index (Phi) is 3.32. The van der Waals surface area contributed by atoms with Crippen molar-refractivity contribution in [2.45, 2.75) is 6.92 Å². The van der Waals surface area contributed by atoms with Crippen LogP contribution in [-0.2, 0) is 0 Å². The van der Waals surface area contributed by atoms with Crippen molar-refractivity contribution in [1.82, 2.24) is 0 Å². The third-order valence-corrected chi connectivity index (χ3v) is 5.37. The fourth-order valence-corrected chi connectivity index (χ4v) is 4.16. The third-order valence-electron chi connectivity index (χ3n) is 2.89. The molecule has 0 saturated carbocycles. The van der Waals surface area contributed by atoms with E-state index in [-0.39, 0.29) is 5.06 Å². The van der Waals surface area contributed by atoms with E-state index in [9.17, 15) is 5.11 Å². The average molecular weight is 284 g/mol. The molecule has 1 aromatic heterocycles. The first-order valence-electron chi connectivity index (χ1n) is 6.00. The Morgan fingerprint density at radius 3 is 2.26 bits per heavy atom. The first kappa shape index (κ1) is 12.3. The van der Waals surface area contributed by atoms with Crippen molar-refractivity contribution in [3.05, 3.63) is 60.2 Å². The first-order valence-corrected chi connectivity index (χ1v) is 7.64. The number of benzene rings is 2. The highest BCUT2D eigenvalue weighted by molar-refractivity contribution is 7.39. The molecule has 0 spiro atoms. The molecule has 3 rings (SSSR count). The molecular weight excluding hydrogens is 272 g/mol. The number of hydrogen-bond donors (Lipinski definition) is 0. The van der Waals surface area contributed by atoms with Crippen LogP contribution in [0, 0.1) is 6.92 Å². The lowest BCUT2D eigenvalue weighted by Gasteiger charge is -1.98. The molecule has 0 atom stereocenters. The lowest BCUT2D eigenvalue weighted by atomic mass is 10.1. The summed E-state index contributed by atoms with van der Waals surface area (Å²) < 4.78 is 1.07. The van der Waals surface area contributed by atoms with Gasteiger partial charge < -0.3 is 5.11 Å². The lowest BCUT2D eigenvalue weighted by molar-refractivity contribution is -0.260. The topological polar surface area (TPSA) is 23.1 Å². The Hall–Kier alpha value is -1.71. The number of aryl methyl sites for hydroxylation is 1. The Morgan fingerprint density at radius 1 is 0.895 bits per heavy atom. The molecule has 0 N–H and O–H groups in total. The van der Waals surface area contributed by atoms with Gasteiger partial charge in [0.15, 0.2) is 4.88 Å². The summed E-state index contributed by atoms with van der Waals surface area (Å²) in [5.74, 6) is 0. The molecule has 0 saturated heterocycles. The lowest BCUT2D eigenvalue weighted by Crippen LogP contribution is -1.86. The molecule has 0 radical (unpaired) electrons. The van der Waals surface area contributed by atoms with Crippen molar-refractivity contribution in [3.8, 4) is 25.3 Å². The molecule has 0 bridgehead atoms. The predicted molar refractivity (Wildman–Crippen MR) is 81.7 cm³/mol. The zero-order valence-corrected chi connectivity index (χ0v) is 12.1. The maximum atomic E-state index is 12.1. The van der Waals surface area contributed by atoms with Crippen molar-refractivity contribution in [2.24, 2.45) is 0 Å². The molecule has 2 aromatic carbocycles. The fraction of sp³-hybridized carbons (Fsp3) is 0.0625. The summed E-state index contributed by atoms with van der Waals surface area (Å²) in [6.45, 7) is 2.05. The van der Waals surface area contributed by atoms with Crippen molar-refractivity contribution in [3.63, 3.8) is 0 Å². The van der Waals surface area contributed by atoms with E-state index >= 15 is 0 Å². The maximum absolute atomic E-state index is 12.1. The quantitative estimate of drug-likeness (QED) is 0.619. The number of rotatable bonds is 2. The Morgan fingerprint density at radius 2 is 1.58 bits per heavy atom. The van der Waals surface area contributed by atoms with E-state index in [0.717, 1.165) is 20.2 Å². The molecule has 3 aromatic rings. The monoisotopic (exact) mass is 284 g/mol. The number of hydrogen-bond acceptors (Lipinski definition) is 2. The van der Waals surface area contributed by atoms with Crippen molar-refractivity contribution >= 4 is 22.7 Å². The van der Waals surface area contributed by atoms with Crippen molar-refractivity contribution in [2.75, 3.05) is 0 Å². The van der Waals surface area contributed by atoms with E-state index in [0.29, 0.717) is 0 Å². The molecule has 0 amide bonds. The van der Waals surface area contributed by atoms with Crippen LogP contribution in [-0.4, -0.2) is 0 Å². The summed E-state index contributed by atoms with van der Waals surface area (Å²) in [6, 6.07) is 18.2. The largest absolute Gasteiger partial charge is 0.845 e. The minimum atomic E-state index is 0.146. The third kappa shape index (κ3) is 2.53. The summed E-state index contributed by atoms with van der Waals surface area (Å²) in [5, 5.41) is 12.3. The van der Waals surface area contributed by atoms with Crippen LogP contribution in [0.3, 0.4) is 0 Å². The average Bonchev–Trinajstić information content (AvgIpc) is 2.83. The van der Waals surface area contributed by atoms with E-state index < -0.39 is 0 Å². The van der Waals surface area contributed by atoms with Crippen LogP contribution in [0.25, 0.3) is 20.2 Å². The summed E-state index contributed by atoms with van der Waals surface area (Å²) >= 11 is 2.91. The molecule has 0 aliphatic rings. The van der Waals surface area contributed by atoms with Crippen LogP contribution in [0.1, 0.15) is 5.56 Å². The predicted octanol–water partition coefficient (Wildman–Crippen LogP) is 4.81. The first-order chi connectivity index (χ1) is 9.24. The van der Waals surface area contributed by atoms with E-state index in [1.807, 2.05) is 61.5 Å². The molecule has 1 heterocycles. The normalized spacial score (nSPS) is 10.6. The highest BCUT2D eigenvalue weighted by atomic mass is 32.2. The van der Waals surface area contributed by atoms with Gasteiger partial charge in [0, 0.05) is 11.1 Å². The second-order valence-electron chi connectivity index (χ2n) is 4.34. The standard InChI is InChI=1S/C16H12OS2/c1-11-7-9-12(10-8-11)14-15(17)19-16(18-14)13-5-3-2-4-6-13/h2-10H,1H3. The maximum Gasteiger partial charge on any atom is 0.284 e. The van der Waals surface area contributed by atoms with Gasteiger partial charge in [-0.15, -0.1) is 0 Å². The zero-order valence-electron chi connectivity index (χ0n) is 10.4. The minimum absolute atomic E-state index is 0.146. The van der Waals surface area contributed by atoms with Crippen LogP contribution >= 0.6 is 22.7 Å². The highest BCUT2D eigenvalue weighted by Gasteiger charge is 2.19. The van der Waals surface area contributed by atoms with E-state index in [1.165, 1.54) is 16.9 Å². The van der Waals surface area contributed by atoms with Gasteiger partial charge in [-0.3, -0.25) is 0 Å². The van der Waals surface area contributed by atoms with Crippen molar-refractivity contribution < 1.29 is 5.11 Å². The summed E-state index contributed by atoms with van der Waals surface area (Å²) in [7, 11) is 0. The van der Waals surface area contributed by atoms with Gasteiger partial charge in [-0.2, -0.15) is 0 Å². The summed E-state index contributed by atoms with van der Waals surface area (Å²) in [4.78, 5) is 0.837. The van der Waals surface area contributed by atoms with Gasteiger partial charge in [0.05, 0.1) is 22.7 Å². The highest BCUT2D eigenvalue weighted by Crippen LogP contribution is 2.45. The van der Waals surface area contributed by atoms with Gasteiger partial charge in [-0.1, -0.05) is 48.0 Å². The van der Waals surface area contributed by atoms with Crippen LogP contribution in [0.4, 0.5) is 0 Å². The molecular formula is C16H12OS2. The van der Waals surface area contributed by atoms with Gasteiger partial charge in [-0.05, 0) is 19.1 Å². The van der Waals surface area contributed by atoms with Crippen LogP contribution in [0.5, 0.6) is 5.06 Å². The summed E-state index contributed by atoms with van der Waals surface area (Å²) in [5.41, 5.74) is 3.34. The molecule has 0 aliphatic carbocycles. The van der Waals surface area contributed by atoms with Gasteiger partial charge in [0.2, 0.25) is 0 Å².